The van der Waals surface area contributed by atoms with Gasteiger partial charge in [0.2, 0.25) is 0 Å². The number of carbonyl (C=O) groups is 1. The van der Waals surface area contributed by atoms with Gasteiger partial charge in [-0.05, 0) is 97.8 Å². The van der Waals surface area contributed by atoms with E-state index in [2.05, 4.69) is 16.4 Å². The summed E-state index contributed by atoms with van der Waals surface area (Å²) in [5.41, 5.74) is 5.99. The van der Waals surface area contributed by atoms with E-state index in [1.807, 2.05) is 71.4 Å². The summed E-state index contributed by atoms with van der Waals surface area (Å²) in [6, 6.07) is 21.2. The number of nitrogens with zero attached hydrogens (tertiary/aromatic N) is 3. The van der Waals surface area contributed by atoms with Crippen LogP contribution < -0.4 is 5.32 Å². The fraction of sp³-hybridized carbons (Fsp3) is 0.207. The summed E-state index contributed by atoms with van der Waals surface area (Å²) in [5.74, 6) is -0.158. The molecule has 2 aromatic carbocycles. The summed E-state index contributed by atoms with van der Waals surface area (Å²) < 4.78 is 1.89. The molecule has 0 radical (unpaired) electrons. The highest BCUT2D eigenvalue weighted by atomic mass is 35.5. The second kappa shape index (κ2) is 9.23. The molecule has 36 heavy (non-hydrogen) atoms. The third-order valence-corrected chi connectivity index (χ3v) is 7.42. The lowest BCUT2D eigenvalue weighted by molar-refractivity contribution is 0.0923. The number of nitrogens with one attached hydrogen (secondary N) is 1. The van der Waals surface area contributed by atoms with Crippen LogP contribution in [0.25, 0.3) is 17.3 Å². The van der Waals surface area contributed by atoms with Gasteiger partial charge in [-0.3, -0.25) is 9.78 Å². The van der Waals surface area contributed by atoms with Crippen LogP contribution >= 0.6 is 23.2 Å². The van der Waals surface area contributed by atoms with Crippen LogP contribution in [-0.2, 0) is 12.0 Å². The monoisotopic (exact) mass is 514 g/mol. The number of halogens is 2. The van der Waals surface area contributed by atoms with Crippen molar-refractivity contribution in [2.45, 2.75) is 37.6 Å². The lowest BCUT2D eigenvalue weighted by atomic mass is 9.89. The van der Waals surface area contributed by atoms with E-state index in [1.165, 1.54) is 0 Å². The number of pyridine rings is 1. The summed E-state index contributed by atoms with van der Waals surface area (Å²) in [5, 5.41) is 9.50. The second-order valence-corrected chi connectivity index (χ2v) is 10.3. The van der Waals surface area contributed by atoms with Crippen molar-refractivity contribution in [3.63, 3.8) is 0 Å². The predicted molar refractivity (Wildman–Crippen MR) is 143 cm³/mol. The van der Waals surface area contributed by atoms with Gasteiger partial charge in [-0.2, -0.15) is 5.10 Å². The first-order valence-corrected chi connectivity index (χ1v) is 12.9. The fourth-order valence-electron chi connectivity index (χ4n) is 4.94. The summed E-state index contributed by atoms with van der Waals surface area (Å²) >= 11 is 12.3. The zero-order valence-corrected chi connectivity index (χ0v) is 21.1. The molecule has 2 aromatic heterocycles. The molecule has 0 spiro atoms. The number of allylic oxidation sites excluding steroid dienone is 1. The average molecular weight is 515 g/mol. The number of carbonyl (C=O) groups excluding carboxylic acids is 1. The number of rotatable bonds is 5. The number of fused-ring (bicyclic) bond motifs is 1. The third kappa shape index (κ3) is 4.34. The lowest BCUT2D eigenvalue weighted by Gasteiger charge is -2.19. The molecule has 6 rings (SSSR count). The van der Waals surface area contributed by atoms with Gasteiger partial charge in [0.05, 0.1) is 22.6 Å². The molecule has 0 aliphatic heterocycles. The zero-order valence-electron chi connectivity index (χ0n) is 19.5. The molecule has 4 aromatic rings. The van der Waals surface area contributed by atoms with Gasteiger partial charge in [-0.1, -0.05) is 41.4 Å². The maximum absolute atomic E-state index is 13.7. The summed E-state index contributed by atoms with van der Waals surface area (Å²) in [4.78, 5) is 18.2. The van der Waals surface area contributed by atoms with Crippen LogP contribution in [-0.4, -0.2) is 20.7 Å². The molecule has 1 saturated carbocycles. The Kier molecular flexibility index (Phi) is 5.90. The Bertz CT molecular complexity index is 1450. The molecule has 1 amide bonds. The van der Waals surface area contributed by atoms with Gasteiger partial charge in [0.25, 0.3) is 5.91 Å². The molecule has 0 unspecified atom stereocenters. The van der Waals surface area contributed by atoms with E-state index in [9.17, 15) is 4.79 Å². The molecule has 2 aliphatic carbocycles. The number of hydrogen-bond acceptors (Lipinski definition) is 3. The van der Waals surface area contributed by atoms with Crippen LogP contribution in [0.1, 0.15) is 58.7 Å². The van der Waals surface area contributed by atoms with Gasteiger partial charge < -0.3 is 5.32 Å². The van der Waals surface area contributed by atoms with Gasteiger partial charge in [0, 0.05) is 21.8 Å². The zero-order chi connectivity index (χ0) is 24.7. The average Bonchev–Trinajstić information content (AvgIpc) is 3.57. The Morgan fingerprint density at radius 2 is 1.67 bits per heavy atom. The molecule has 180 valence electrons. The Hall–Kier alpha value is -3.41. The summed E-state index contributed by atoms with van der Waals surface area (Å²) in [6.07, 6.45) is 8.32. The third-order valence-electron chi connectivity index (χ3n) is 6.92. The normalized spacial score (nSPS) is 17.0. The molecule has 0 saturated heterocycles. The number of hydrogen-bond donors (Lipinski definition) is 1. The molecule has 2 heterocycles. The number of aromatic nitrogens is 3. The molecule has 7 heteroatoms. The maximum atomic E-state index is 13.7. The minimum absolute atomic E-state index is 0.158. The highest BCUT2D eigenvalue weighted by molar-refractivity contribution is 6.30. The van der Waals surface area contributed by atoms with Gasteiger partial charge in [0.15, 0.2) is 5.69 Å². The molecule has 0 bridgehead atoms. The Morgan fingerprint density at radius 1 is 0.944 bits per heavy atom. The maximum Gasteiger partial charge on any atom is 0.272 e. The quantitative estimate of drug-likeness (QED) is 0.316. The topological polar surface area (TPSA) is 59.8 Å². The van der Waals surface area contributed by atoms with Crippen LogP contribution in [0.2, 0.25) is 10.0 Å². The Balaban J connectivity index is 1.44. The Labute approximate surface area is 219 Å². The van der Waals surface area contributed by atoms with Crippen molar-refractivity contribution >= 4 is 40.8 Å². The molecule has 1 fully saturated rings. The largest absolute Gasteiger partial charge is 0.340 e. The van der Waals surface area contributed by atoms with Crippen molar-refractivity contribution in [1.82, 2.24) is 20.1 Å². The van der Waals surface area contributed by atoms with E-state index in [0.29, 0.717) is 15.7 Å². The van der Waals surface area contributed by atoms with Crippen LogP contribution in [0, 0.1) is 0 Å². The van der Waals surface area contributed by atoms with Crippen LogP contribution in [0.3, 0.4) is 0 Å². The van der Waals surface area contributed by atoms with E-state index < -0.39 is 5.54 Å². The first-order valence-electron chi connectivity index (χ1n) is 12.1. The minimum Gasteiger partial charge on any atom is -0.340 e. The van der Waals surface area contributed by atoms with Crippen LogP contribution in [0.15, 0.2) is 72.9 Å². The Morgan fingerprint density at radius 3 is 2.33 bits per heavy atom. The summed E-state index contributed by atoms with van der Waals surface area (Å²) in [7, 11) is 0. The van der Waals surface area contributed by atoms with E-state index in [1.54, 1.807) is 6.20 Å². The predicted octanol–water partition coefficient (Wildman–Crippen LogP) is 6.87. The first-order chi connectivity index (χ1) is 17.5. The fourth-order valence-corrected chi connectivity index (χ4v) is 5.19. The van der Waals surface area contributed by atoms with Gasteiger partial charge in [0.1, 0.15) is 0 Å². The number of benzene rings is 2. The van der Waals surface area contributed by atoms with Crippen LogP contribution in [0.5, 0.6) is 0 Å². The summed E-state index contributed by atoms with van der Waals surface area (Å²) in [6.45, 7) is 0. The standard InChI is InChI=1S/C29H24Cl2N4O/c30-21-9-7-19(8-10-21)18-20-4-3-5-24-26(34-35(27(20)24)23-13-11-22(31)12-14-23)28(36)33-29(15-16-29)25-6-1-2-17-32-25/h1-2,6-14,17-18H,3-5,15-16H2,(H,33,36)/b20-18+. The SMILES string of the molecule is O=C(NC1(c2ccccn2)CC1)c1nn(-c2ccc(Cl)cc2)c2c1CCC/C2=C\c1ccc(Cl)cc1. The van der Waals surface area contributed by atoms with Crippen molar-refractivity contribution in [2.24, 2.45) is 0 Å². The van der Waals surface area contributed by atoms with E-state index in [4.69, 9.17) is 28.3 Å². The molecular formula is C29H24Cl2N4O. The molecule has 5 nitrogen and oxygen atoms in total. The minimum atomic E-state index is -0.411. The van der Waals surface area contributed by atoms with Crippen molar-refractivity contribution in [1.29, 1.82) is 0 Å². The highest BCUT2D eigenvalue weighted by Crippen LogP contribution is 2.45. The highest BCUT2D eigenvalue weighted by Gasteiger charge is 2.47. The van der Waals surface area contributed by atoms with Gasteiger partial charge in [-0.15, -0.1) is 0 Å². The van der Waals surface area contributed by atoms with Crippen molar-refractivity contribution in [3.05, 3.63) is 111 Å². The molecule has 2 aliphatic rings. The first kappa shape index (κ1) is 23.0. The smallest absolute Gasteiger partial charge is 0.272 e. The van der Waals surface area contributed by atoms with E-state index in [0.717, 1.165) is 65.9 Å². The molecule has 0 atom stereocenters. The van der Waals surface area contributed by atoms with Crippen LogP contribution in [0.4, 0.5) is 0 Å². The van der Waals surface area contributed by atoms with Gasteiger partial charge >= 0.3 is 0 Å². The molecular weight excluding hydrogens is 491 g/mol. The lowest BCUT2D eigenvalue weighted by Crippen LogP contribution is -2.36. The van der Waals surface area contributed by atoms with Crippen molar-refractivity contribution in [2.75, 3.05) is 0 Å². The van der Waals surface area contributed by atoms with Crippen molar-refractivity contribution < 1.29 is 4.79 Å². The second-order valence-electron chi connectivity index (χ2n) is 9.39. The van der Waals surface area contributed by atoms with E-state index in [-0.39, 0.29) is 5.91 Å². The van der Waals surface area contributed by atoms with E-state index >= 15 is 0 Å². The number of amides is 1. The molecule has 1 N–H and O–H groups in total. The van der Waals surface area contributed by atoms with Gasteiger partial charge in [-0.25, -0.2) is 4.68 Å². The van der Waals surface area contributed by atoms with Crippen molar-refractivity contribution in [3.8, 4) is 5.69 Å².